The molecular formula is C20H14Cl2F7N3O2. The van der Waals surface area contributed by atoms with Gasteiger partial charge in [0.15, 0.2) is 0 Å². The Labute approximate surface area is 197 Å². The molecule has 2 aromatic rings. The van der Waals surface area contributed by atoms with Gasteiger partial charge in [-0.3, -0.25) is 9.59 Å². The zero-order valence-corrected chi connectivity index (χ0v) is 18.4. The predicted molar refractivity (Wildman–Crippen MR) is 112 cm³/mol. The number of carbonyl (C=O) groups excluding carboxylic acids is 2. The molecule has 184 valence electrons. The summed E-state index contributed by atoms with van der Waals surface area (Å²) in [5.41, 5.74) is 2.92. The summed E-state index contributed by atoms with van der Waals surface area (Å²) < 4.78 is 89.3. The molecule has 0 aliphatic heterocycles. The van der Waals surface area contributed by atoms with Crippen molar-refractivity contribution in [1.82, 2.24) is 5.43 Å². The minimum Gasteiger partial charge on any atom is -0.321 e. The van der Waals surface area contributed by atoms with Crippen molar-refractivity contribution in [2.45, 2.75) is 31.4 Å². The van der Waals surface area contributed by atoms with Gasteiger partial charge in [0.1, 0.15) is 0 Å². The van der Waals surface area contributed by atoms with E-state index in [2.05, 4.69) is 10.5 Å². The van der Waals surface area contributed by atoms with Crippen LogP contribution in [0, 0.1) is 0 Å². The predicted octanol–water partition coefficient (Wildman–Crippen LogP) is 5.85. The minimum atomic E-state index is -6.63. The van der Waals surface area contributed by atoms with Gasteiger partial charge in [0, 0.05) is 5.69 Å². The second kappa shape index (κ2) is 10.2. The third-order valence-electron chi connectivity index (χ3n) is 4.29. The van der Waals surface area contributed by atoms with Crippen LogP contribution in [0.15, 0.2) is 47.6 Å². The van der Waals surface area contributed by atoms with E-state index < -0.39 is 35.5 Å². The fourth-order valence-corrected chi connectivity index (χ4v) is 2.73. The SMILES string of the molecule is C/C(=N/NC(=O)Cc1ccc(Cl)c(Cl)c1)c1ccc(NC(=O)C(F)(F)C(F)(F)C(F)(F)F)cc1. The second-order valence-electron chi connectivity index (χ2n) is 6.84. The van der Waals surface area contributed by atoms with Crippen molar-refractivity contribution in [3.8, 4) is 0 Å². The van der Waals surface area contributed by atoms with E-state index in [9.17, 15) is 40.3 Å². The van der Waals surface area contributed by atoms with Crippen LogP contribution in [0.3, 0.4) is 0 Å². The van der Waals surface area contributed by atoms with Crippen LogP contribution in [-0.4, -0.2) is 35.5 Å². The molecule has 0 bridgehead atoms. The Morgan fingerprint density at radius 1 is 0.912 bits per heavy atom. The van der Waals surface area contributed by atoms with E-state index in [1.807, 2.05) is 0 Å². The van der Waals surface area contributed by atoms with Crippen LogP contribution < -0.4 is 10.7 Å². The Hall–Kier alpha value is -2.86. The molecule has 34 heavy (non-hydrogen) atoms. The van der Waals surface area contributed by atoms with Crippen molar-refractivity contribution in [3.05, 3.63) is 63.6 Å². The number of nitrogens with one attached hydrogen (secondary N) is 2. The number of alkyl halides is 7. The molecule has 2 amide bonds. The van der Waals surface area contributed by atoms with Crippen LogP contribution in [0.25, 0.3) is 0 Å². The first kappa shape index (κ1) is 27.4. The molecule has 0 saturated heterocycles. The summed E-state index contributed by atoms with van der Waals surface area (Å²) in [5, 5.41) is 5.74. The summed E-state index contributed by atoms with van der Waals surface area (Å²) >= 11 is 11.7. The number of hydrogen-bond acceptors (Lipinski definition) is 3. The third-order valence-corrected chi connectivity index (χ3v) is 5.03. The van der Waals surface area contributed by atoms with Crippen molar-refractivity contribution < 1.29 is 40.3 Å². The third kappa shape index (κ3) is 6.17. The van der Waals surface area contributed by atoms with Gasteiger partial charge in [-0.15, -0.1) is 0 Å². The molecule has 5 nitrogen and oxygen atoms in total. The van der Waals surface area contributed by atoms with Gasteiger partial charge in [0.25, 0.3) is 0 Å². The van der Waals surface area contributed by atoms with Gasteiger partial charge in [0.05, 0.1) is 22.2 Å². The Morgan fingerprint density at radius 3 is 2.03 bits per heavy atom. The first-order valence-corrected chi connectivity index (χ1v) is 9.83. The molecular weight excluding hydrogens is 518 g/mol. The molecule has 0 unspecified atom stereocenters. The second-order valence-corrected chi connectivity index (χ2v) is 7.65. The molecule has 0 aliphatic rings. The highest BCUT2D eigenvalue weighted by atomic mass is 35.5. The topological polar surface area (TPSA) is 70.6 Å². The number of halogens is 9. The minimum absolute atomic E-state index is 0.0740. The zero-order valence-electron chi connectivity index (χ0n) is 16.9. The summed E-state index contributed by atoms with van der Waals surface area (Å²) in [6, 6.07) is 8.98. The molecule has 2 rings (SSSR count). The Bertz CT molecular complexity index is 1100. The molecule has 2 N–H and O–H groups in total. The maximum atomic E-state index is 13.4. The summed E-state index contributed by atoms with van der Waals surface area (Å²) in [4.78, 5) is 23.4. The van der Waals surface area contributed by atoms with Crippen molar-refractivity contribution >= 4 is 46.4 Å². The maximum absolute atomic E-state index is 13.4. The summed E-state index contributed by atoms with van der Waals surface area (Å²) in [7, 11) is 0. The van der Waals surface area contributed by atoms with Gasteiger partial charge in [0.2, 0.25) is 5.91 Å². The standard InChI is InChI=1S/C20H14Cl2F7N3O2/c1-10(31-32-16(33)9-11-2-7-14(21)15(22)8-11)12-3-5-13(6-4-12)30-17(34)18(23,24)19(25,26)20(27,28)29/h2-8H,9H2,1H3,(H,30,34)(H,32,33)/b31-10-. The highest BCUT2D eigenvalue weighted by Gasteiger charge is 2.76. The molecule has 0 aromatic heterocycles. The molecule has 0 saturated carbocycles. The van der Waals surface area contributed by atoms with E-state index in [1.165, 1.54) is 36.5 Å². The van der Waals surface area contributed by atoms with Gasteiger partial charge in [-0.25, -0.2) is 5.43 Å². The van der Waals surface area contributed by atoms with Crippen LogP contribution in [0.2, 0.25) is 10.0 Å². The van der Waals surface area contributed by atoms with Crippen molar-refractivity contribution in [3.63, 3.8) is 0 Å². The molecule has 0 fully saturated rings. The quantitative estimate of drug-likeness (QED) is 0.267. The van der Waals surface area contributed by atoms with Gasteiger partial charge in [-0.05, 0) is 42.3 Å². The molecule has 0 spiro atoms. The fraction of sp³-hybridized carbons (Fsp3) is 0.250. The van der Waals surface area contributed by atoms with Crippen LogP contribution in [0.1, 0.15) is 18.1 Å². The number of benzene rings is 2. The average molecular weight is 532 g/mol. The largest absolute Gasteiger partial charge is 0.460 e. The zero-order chi connectivity index (χ0) is 25.9. The molecule has 14 heteroatoms. The molecule has 0 aliphatic carbocycles. The number of nitrogens with zero attached hydrogens (tertiary/aromatic N) is 1. The normalized spacial score (nSPS) is 12.9. The van der Waals surface area contributed by atoms with Crippen LogP contribution in [0.4, 0.5) is 36.4 Å². The van der Waals surface area contributed by atoms with E-state index in [4.69, 9.17) is 23.2 Å². The van der Waals surface area contributed by atoms with E-state index in [0.717, 1.165) is 12.1 Å². The lowest BCUT2D eigenvalue weighted by molar-refractivity contribution is -0.343. The number of hydrazone groups is 1. The summed E-state index contributed by atoms with van der Waals surface area (Å²) in [6.45, 7) is 1.46. The number of amides is 2. The molecule has 0 atom stereocenters. The van der Waals surface area contributed by atoms with Crippen molar-refractivity contribution in [2.75, 3.05) is 5.32 Å². The van der Waals surface area contributed by atoms with E-state index in [0.29, 0.717) is 16.1 Å². The first-order valence-electron chi connectivity index (χ1n) is 9.07. The van der Waals surface area contributed by atoms with Crippen LogP contribution >= 0.6 is 23.2 Å². The highest BCUT2D eigenvalue weighted by molar-refractivity contribution is 6.42. The van der Waals surface area contributed by atoms with Gasteiger partial charge in [-0.1, -0.05) is 41.4 Å². The number of anilines is 1. The number of rotatable bonds is 7. The van der Waals surface area contributed by atoms with E-state index in [-0.39, 0.29) is 17.2 Å². The fourth-order valence-electron chi connectivity index (χ4n) is 2.41. The van der Waals surface area contributed by atoms with Gasteiger partial charge >= 0.3 is 23.9 Å². The van der Waals surface area contributed by atoms with Gasteiger partial charge < -0.3 is 5.32 Å². The number of carbonyl (C=O) groups is 2. The van der Waals surface area contributed by atoms with E-state index >= 15 is 0 Å². The molecule has 2 aromatic carbocycles. The Balaban J connectivity index is 2.02. The average Bonchev–Trinajstić information content (AvgIpc) is 2.74. The highest BCUT2D eigenvalue weighted by Crippen LogP contribution is 2.46. The van der Waals surface area contributed by atoms with Crippen LogP contribution in [0.5, 0.6) is 0 Å². The van der Waals surface area contributed by atoms with Gasteiger partial charge in [-0.2, -0.15) is 35.8 Å². The van der Waals surface area contributed by atoms with Crippen LogP contribution in [-0.2, 0) is 16.0 Å². The smallest absolute Gasteiger partial charge is 0.321 e. The molecule has 0 heterocycles. The monoisotopic (exact) mass is 531 g/mol. The lowest BCUT2D eigenvalue weighted by Gasteiger charge is -2.27. The first-order chi connectivity index (χ1) is 15.6. The lowest BCUT2D eigenvalue weighted by atomic mass is 10.1. The maximum Gasteiger partial charge on any atom is 0.460 e. The van der Waals surface area contributed by atoms with E-state index in [1.54, 1.807) is 6.07 Å². The summed E-state index contributed by atoms with van der Waals surface area (Å²) in [5.74, 6) is -15.9. The summed E-state index contributed by atoms with van der Waals surface area (Å²) in [6.07, 6.45) is -6.70. The Morgan fingerprint density at radius 2 is 1.50 bits per heavy atom. The molecule has 0 radical (unpaired) electrons. The van der Waals surface area contributed by atoms with Crippen molar-refractivity contribution in [1.29, 1.82) is 0 Å². The number of hydrogen-bond donors (Lipinski definition) is 2. The van der Waals surface area contributed by atoms with Crippen molar-refractivity contribution in [2.24, 2.45) is 5.10 Å². The lowest BCUT2D eigenvalue weighted by Crippen LogP contribution is -2.57. The Kier molecular flexibility index (Phi) is 8.20.